The lowest BCUT2D eigenvalue weighted by Gasteiger charge is -2.16. The quantitative estimate of drug-likeness (QED) is 0.679. The summed E-state index contributed by atoms with van der Waals surface area (Å²) >= 11 is 0. The van der Waals surface area contributed by atoms with E-state index in [0.717, 1.165) is 39.0 Å². The number of nitrogens with one attached hydrogen (secondary N) is 1. The Balaban J connectivity index is 2.21. The molecular formula is C13H27N3O. The predicted octanol–water partition coefficient (Wildman–Crippen LogP) is 1.13. The lowest BCUT2D eigenvalue weighted by molar-refractivity contribution is -0.129. The van der Waals surface area contributed by atoms with Gasteiger partial charge in [-0.15, -0.1) is 0 Å². The van der Waals surface area contributed by atoms with Crippen LogP contribution in [0.1, 0.15) is 33.1 Å². The third-order valence-electron chi connectivity index (χ3n) is 3.13. The minimum Gasteiger partial charge on any atom is -0.329 e. The van der Waals surface area contributed by atoms with Gasteiger partial charge in [0.1, 0.15) is 0 Å². The normalized spacial score (nSPS) is 20.9. The number of nitrogens with zero attached hydrogens (tertiary/aromatic N) is 2. The maximum Gasteiger partial charge on any atom is 0.240 e. The van der Waals surface area contributed by atoms with Gasteiger partial charge in [0.15, 0.2) is 0 Å². The van der Waals surface area contributed by atoms with E-state index < -0.39 is 0 Å². The van der Waals surface area contributed by atoms with Crippen LogP contribution in [0, 0.1) is 5.92 Å². The number of hydrogen-bond donors (Lipinski definition) is 1. The smallest absolute Gasteiger partial charge is 0.240 e. The first-order valence-electron chi connectivity index (χ1n) is 6.67. The van der Waals surface area contributed by atoms with Crippen molar-refractivity contribution in [3.63, 3.8) is 0 Å². The number of unbranched alkanes of at least 4 members (excludes halogenated alkanes) is 1. The first-order valence-corrected chi connectivity index (χ1v) is 6.67. The zero-order valence-corrected chi connectivity index (χ0v) is 11.7. The van der Waals surface area contributed by atoms with Gasteiger partial charge >= 0.3 is 0 Å². The fourth-order valence-corrected chi connectivity index (χ4v) is 2.18. The summed E-state index contributed by atoms with van der Waals surface area (Å²) < 4.78 is 0. The van der Waals surface area contributed by atoms with Crippen LogP contribution >= 0.6 is 0 Å². The zero-order valence-electron chi connectivity index (χ0n) is 11.7. The zero-order chi connectivity index (χ0) is 12.8. The summed E-state index contributed by atoms with van der Waals surface area (Å²) in [7, 11) is 4.17. The van der Waals surface area contributed by atoms with E-state index in [0.29, 0.717) is 11.8 Å². The van der Waals surface area contributed by atoms with Crippen LogP contribution in [-0.4, -0.2) is 55.6 Å². The van der Waals surface area contributed by atoms with Crippen LogP contribution in [0.4, 0.5) is 0 Å². The minimum atomic E-state index is 0.0591. The summed E-state index contributed by atoms with van der Waals surface area (Å²) in [5.74, 6) is 0.869. The number of amides is 1. The maximum absolute atomic E-state index is 12.0. The fourth-order valence-electron chi connectivity index (χ4n) is 2.18. The molecule has 100 valence electrons. The van der Waals surface area contributed by atoms with E-state index in [1.54, 1.807) is 0 Å². The van der Waals surface area contributed by atoms with Gasteiger partial charge in [-0.05, 0) is 45.8 Å². The first kappa shape index (κ1) is 14.5. The molecule has 4 heteroatoms. The van der Waals surface area contributed by atoms with Crippen molar-refractivity contribution in [1.82, 2.24) is 15.1 Å². The Morgan fingerprint density at radius 3 is 2.71 bits per heavy atom. The van der Waals surface area contributed by atoms with Crippen molar-refractivity contribution in [3.8, 4) is 0 Å². The lowest BCUT2D eigenvalue weighted by Crippen LogP contribution is -2.32. The molecule has 1 fully saturated rings. The average molecular weight is 241 g/mol. The van der Waals surface area contributed by atoms with Gasteiger partial charge in [-0.1, -0.05) is 13.8 Å². The Kier molecular flexibility index (Phi) is 5.92. The standard InChI is InChI=1S/C13H27N3O/c1-11(2)9-12-13(17)16(10-14-12)8-6-5-7-15(3)4/h11-12,14H,5-10H2,1-4H3. The molecule has 1 aliphatic heterocycles. The SMILES string of the molecule is CC(C)CC1NCN(CCCCN(C)C)C1=O. The van der Waals surface area contributed by atoms with Gasteiger partial charge in [0, 0.05) is 6.54 Å². The van der Waals surface area contributed by atoms with E-state index in [2.05, 4.69) is 38.2 Å². The molecule has 17 heavy (non-hydrogen) atoms. The molecule has 0 radical (unpaired) electrons. The molecule has 0 spiro atoms. The molecule has 1 unspecified atom stereocenters. The molecule has 1 atom stereocenters. The van der Waals surface area contributed by atoms with Gasteiger partial charge in [-0.2, -0.15) is 0 Å². The highest BCUT2D eigenvalue weighted by molar-refractivity contribution is 5.83. The Morgan fingerprint density at radius 2 is 2.12 bits per heavy atom. The van der Waals surface area contributed by atoms with Crippen molar-refractivity contribution < 1.29 is 4.79 Å². The average Bonchev–Trinajstić information content (AvgIpc) is 2.55. The molecule has 0 saturated carbocycles. The third-order valence-corrected chi connectivity index (χ3v) is 3.13. The highest BCUT2D eigenvalue weighted by Gasteiger charge is 2.30. The van der Waals surface area contributed by atoms with Crippen LogP contribution in [0.3, 0.4) is 0 Å². The molecule has 1 rings (SSSR count). The van der Waals surface area contributed by atoms with Crippen molar-refractivity contribution >= 4 is 5.91 Å². The molecule has 0 aromatic rings. The van der Waals surface area contributed by atoms with Crippen molar-refractivity contribution in [1.29, 1.82) is 0 Å². The lowest BCUT2D eigenvalue weighted by atomic mass is 10.0. The van der Waals surface area contributed by atoms with Crippen molar-refractivity contribution in [2.24, 2.45) is 5.92 Å². The number of carbonyl (C=O) groups excluding carboxylic acids is 1. The molecule has 1 amide bonds. The Labute approximate surface area is 105 Å². The second kappa shape index (κ2) is 6.97. The highest BCUT2D eigenvalue weighted by Crippen LogP contribution is 2.13. The monoisotopic (exact) mass is 241 g/mol. The number of hydrogen-bond acceptors (Lipinski definition) is 3. The summed E-state index contributed by atoms with van der Waals surface area (Å²) in [5.41, 5.74) is 0. The summed E-state index contributed by atoms with van der Waals surface area (Å²) in [6.45, 7) is 7.06. The molecule has 0 aliphatic carbocycles. The molecule has 0 aromatic heterocycles. The molecule has 1 heterocycles. The van der Waals surface area contributed by atoms with E-state index in [9.17, 15) is 4.79 Å². The summed E-state index contributed by atoms with van der Waals surface area (Å²) in [6, 6.07) is 0.0591. The van der Waals surface area contributed by atoms with Crippen LogP contribution in [0.25, 0.3) is 0 Å². The Bertz CT molecular complexity index is 241. The van der Waals surface area contributed by atoms with Crippen LogP contribution in [0.5, 0.6) is 0 Å². The van der Waals surface area contributed by atoms with Crippen molar-refractivity contribution in [2.75, 3.05) is 33.9 Å². The maximum atomic E-state index is 12.0. The molecule has 0 aromatic carbocycles. The third kappa shape index (κ3) is 5.04. The van der Waals surface area contributed by atoms with Gasteiger partial charge in [-0.25, -0.2) is 0 Å². The molecule has 1 N–H and O–H groups in total. The van der Waals surface area contributed by atoms with E-state index in [1.165, 1.54) is 0 Å². The Morgan fingerprint density at radius 1 is 1.41 bits per heavy atom. The van der Waals surface area contributed by atoms with E-state index >= 15 is 0 Å². The number of rotatable bonds is 7. The molecular weight excluding hydrogens is 214 g/mol. The van der Waals surface area contributed by atoms with E-state index in [4.69, 9.17) is 0 Å². The topological polar surface area (TPSA) is 35.6 Å². The summed E-state index contributed by atoms with van der Waals surface area (Å²) in [6.07, 6.45) is 3.21. The summed E-state index contributed by atoms with van der Waals surface area (Å²) in [5, 5.41) is 3.30. The van der Waals surface area contributed by atoms with Crippen molar-refractivity contribution in [2.45, 2.75) is 39.2 Å². The largest absolute Gasteiger partial charge is 0.329 e. The van der Waals surface area contributed by atoms with Gasteiger partial charge in [0.05, 0.1) is 12.7 Å². The second-order valence-corrected chi connectivity index (χ2v) is 5.66. The first-order chi connectivity index (χ1) is 8.00. The van der Waals surface area contributed by atoms with Gasteiger partial charge < -0.3 is 9.80 Å². The van der Waals surface area contributed by atoms with Crippen molar-refractivity contribution in [3.05, 3.63) is 0 Å². The molecule has 4 nitrogen and oxygen atoms in total. The van der Waals surface area contributed by atoms with Crippen LogP contribution in [0.15, 0.2) is 0 Å². The second-order valence-electron chi connectivity index (χ2n) is 5.66. The van der Waals surface area contributed by atoms with Crippen LogP contribution < -0.4 is 5.32 Å². The predicted molar refractivity (Wildman–Crippen MR) is 70.7 cm³/mol. The van der Waals surface area contributed by atoms with Crippen LogP contribution in [-0.2, 0) is 4.79 Å². The number of carbonyl (C=O) groups is 1. The van der Waals surface area contributed by atoms with E-state index in [1.807, 2.05) is 4.90 Å². The van der Waals surface area contributed by atoms with Gasteiger partial charge in [0.25, 0.3) is 0 Å². The molecule has 0 bridgehead atoms. The van der Waals surface area contributed by atoms with E-state index in [-0.39, 0.29) is 6.04 Å². The fraction of sp³-hybridized carbons (Fsp3) is 0.923. The molecule has 1 saturated heterocycles. The van der Waals surface area contributed by atoms with Gasteiger partial charge in [0.2, 0.25) is 5.91 Å². The van der Waals surface area contributed by atoms with Gasteiger partial charge in [-0.3, -0.25) is 10.1 Å². The van der Waals surface area contributed by atoms with Crippen LogP contribution in [0.2, 0.25) is 0 Å². The summed E-state index contributed by atoms with van der Waals surface area (Å²) in [4.78, 5) is 16.2. The highest BCUT2D eigenvalue weighted by atomic mass is 16.2. The molecule has 1 aliphatic rings. The minimum absolute atomic E-state index is 0.0591. The Hall–Kier alpha value is -0.610.